The maximum atomic E-state index is 11.7. The van der Waals surface area contributed by atoms with Crippen LogP contribution in [0.4, 0.5) is 0 Å². The van der Waals surface area contributed by atoms with Crippen LogP contribution in [0.15, 0.2) is 6.07 Å². The molecule has 1 aliphatic carbocycles. The van der Waals surface area contributed by atoms with Crippen molar-refractivity contribution in [2.45, 2.75) is 33.1 Å². The maximum absolute atomic E-state index is 11.7. The largest absolute Gasteiger partial charge is 0.294 e. The first kappa shape index (κ1) is 10.7. The molecule has 0 aliphatic heterocycles. The van der Waals surface area contributed by atoms with Gasteiger partial charge < -0.3 is 0 Å². The Bertz CT molecular complexity index is 421. The van der Waals surface area contributed by atoms with Crippen molar-refractivity contribution in [3.63, 3.8) is 0 Å². The summed E-state index contributed by atoms with van der Waals surface area (Å²) in [4.78, 5) is 11.7. The number of alkyl halides is 1. The summed E-state index contributed by atoms with van der Waals surface area (Å²) in [6.07, 6.45) is 2.46. The molecule has 0 amide bonds. The third kappa shape index (κ3) is 1.69. The number of ketones is 1. The third-order valence-corrected chi connectivity index (χ3v) is 3.45. The minimum atomic E-state index is 0.304. The van der Waals surface area contributed by atoms with Crippen LogP contribution < -0.4 is 0 Å². The van der Waals surface area contributed by atoms with Crippen LogP contribution in [0.5, 0.6) is 0 Å². The first-order valence-electron chi connectivity index (χ1n) is 5.36. The Morgan fingerprint density at radius 1 is 1.33 bits per heavy atom. The van der Waals surface area contributed by atoms with Gasteiger partial charge in [0.05, 0.1) is 0 Å². The van der Waals surface area contributed by atoms with E-state index in [0.29, 0.717) is 18.1 Å². The molecule has 0 unspecified atom stereocenters. The molecule has 1 aromatic carbocycles. The topological polar surface area (TPSA) is 17.1 Å². The summed E-state index contributed by atoms with van der Waals surface area (Å²) in [5.74, 6) is 0.924. The molecular weight excluding hydrogens is 208 g/mol. The molecule has 0 bridgehead atoms. The van der Waals surface area contributed by atoms with Gasteiger partial charge in [-0.1, -0.05) is 6.07 Å². The lowest BCUT2D eigenvalue weighted by Gasteiger charge is -2.12. The first-order chi connectivity index (χ1) is 7.15. The van der Waals surface area contributed by atoms with Crippen LogP contribution in [-0.2, 0) is 12.8 Å². The number of hydrogen-bond acceptors (Lipinski definition) is 1. The molecule has 1 aliphatic rings. The van der Waals surface area contributed by atoms with Crippen LogP contribution in [0.2, 0.25) is 0 Å². The van der Waals surface area contributed by atoms with Gasteiger partial charge in [0, 0.05) is 17.9 Å². The minimum absolute atomic E-state index is 0.304. The molecule has 0 aromatic heterocycles. The van der Waals surface area contributed by atoms with Gasteiger partial charge in [-0.25, -0.2) is 0 Å². The fourth-order valence-corrected chi connectivity index (χ4v) is 2.73. The number of fused-ring (bicyclic) bond motifs is 1. The van der Waals surface area contributed by atoms with E-state index in [1.165, 1.54) is 16.7 Å². The summed E-state index contributed by atoms with van der Waals surface area (Å²) in [6, 6.07) is 2.16. The SMILES string of the molecule is Cc1cc2c(c(C)c1CCCl)C(=O)CC2. The zero-order chi connectivity index (χ0) is 11.0. The number of halogens is 1. The molecular formula is C13H15ClO. The second kappa shape index (κ2) is 3.97. The molecule has 0 fully saturated rings. The molecule has 2 rings (SSSR count). The Balaban J connectivity index is 2.59. The average molecular weight is 223 g/mol. The average Bonchev–Trinajstić information content (AvgIpc) is 2.54. The van der Waals surface area contributed by atoms with E-state index >= 15 is 0 Å². The maximum Gasteiger partial charge on any atom is 0.163 e. The van der Waals surface area contributed by atoms with Gasteiger partial charge >= 0.3 is 0 Å². The number of hydrogen-bond donors (Lipinski definition) is 0. The van der Waals surface area contributed by atoms with Crippen LogP contribution in [0, 0.1) is 13.8 Å². The summed E-state index contributed by atoms with van der Waals surface area (Å²) < 4.78 is 0. The van der Waals surface area contributed by atoms with Gasteiger partial charge in [0.25, 0.3) is 0 Å². The summed E-state index contributed by atoms with van der Waals surface area (Å²) in [5, 5.41) is 0. The summed E-state index contributed by atoms with van der Waals surface area (Å²) in [6.45, 7) is 4.16. The van der Waals surface area contributed by atoms with Crippen molar-refractivity contribution in [3.8, 4) is 0 Å². The van der Waals surface area contributed by atoms with Crippen LogP contribution in [0.25, 0.3) is 0 Å². The Morgan fingerprint density at radius 2 is 2.07 bits per heavy atom. The molecule has 1 nitrogen and oxygen atoms in total. The third-order valence-electron chi connectivity index (χ3n) is 3.26. The Hall–Kier alpha value is -0.820. The fourth-order valence-electron chi connectivity index (χ4n) is 2.55. The molecule has 1 aromatic rings. The monoisotopic (exact) mass is 222 g/mol. The van der Waals surface area contributed by atoms with Crippen molar-refractivity contribution >= 4 is 17.4 Å². The first-order valence-corrected chi connectivity index (χ1v) is 5.89. The predicted molar refractivity (Wildman–Crippen MR) is 63.0 cm³/mol. The van der Waals surface area contributed by atoms with E-state index in [4.69, 9.17) is 11.6 Å². The number of rotatable bonds is 2. The summed E-state index contributed by atoms with van der Waals surface area (Å²) in [5.41, 5.74) is 5.91. The van der Waals surface area contributed by atoms with Crippen LogP contribution in [-0.4, -0.2) is 11.7 Å². The smallest absolute Gasteiger partial charge is 0.163 e. The number of carbonyl (C=O) groups is 1. The Morgan fingerprint density at radius 3 is 2.73 bits per heavy atom. The van der Waals surface area contributed by atoms with E-state index in [9.17, 15) is 4.79 Å². The molecule has 15 heavy (non-hydrogen) atoms. The highest BCUT2D eigenvalue weighted by molar-refractivity contribution is 6.18. The lowest BCUT2D eigenvalue weighted by atomic mass is 9.93. The molecule has 0 radical (unpaired) electrons. The Kier molecular flexibility index (Phi) is 2.83. The zero-order valence-corrected chi connectivity index (χ0v) is 9.95. The highest BCUT2D eigenvalue weighted by Gasteiger charge is 2.23. The molecule has 2 heteroatoms. The zero-order valence-electron chi connectivity index (χ0n) is 9.19. The van der Waals surface area contributed by atoms with Gasteiger partial charge in [-0.15, -0.1) is 11.6 Å². The highest BCUT2D eigenvalue weighted by Crippen LogP contribution is 2.30. The summed E-state index contributed by atoms with van der Waals surface area (Å²) >= 11 is 5.78. The van der Waals surface area contributed by atoms with E-state index in [1.807, 2.05) is 0 Å². The van der Waals surface area contributed by atoms with Gasteiger partial charge in [-0.3, -0.25) is 4.79 Å². The molecule has 0 spiro atoms. The van der Waals surface area contributed by atoms with Crippen molar-refractivity contribution in [1.82, 2.24) is 0 Å². The second-order valence-electron chi connectivity index (χ2n) is 4.19. The molecule has 0 heterocycles. The fraction of sp³-hybridized carbons (Fsp3) is 0.462. The van der Waals surface area contributed by atoms with Gasteiger partial charge in [0.1, 0.15) is 0 Å². The lowest BCUT2D eigenvalue weighted by Crippen LogP contribution is -2.03. The highest BCUT2D eigenvalue weighted by atomic mass is 35.5. The molecule has 0 atom stereocenters. The van der Waals surface area contributed by atoms with Gasteiger partial charge in [-0.2, -0.15) is 0 Å². The lowest BCUT2D eigenvalue weighted by molar-refractivity contribution is 0.0994. The standard InChI is InChI=1S/C13H15ClO/c1-8-7-10-3-4-12(15)13(10)9(2)11(8)5-6-14/h7H,3-6H2,1-2H3. The van der Waals surface area contributed by atoms with Gasteiger partial charge in [0.15, 0.2) is 5.78 Å². The molecule has 0 N–H and O–H groups in total. The molecule has 0 saturated carbocycles. The van der Waals surface area contributed by atoms with Crippen molar-refractivity contribution in [1.29, 1.82) is 0 Å². The Labute approximate surface area is 95.4 Å². The number of Topliss-reactive ketones (excluding diaryl/α,β-unsaturated/α-hetero) is 1. The van der Waals surface area contributed by atoms with E-state index < -0.39 is 0 Å². The van der Waals surface area contributed by atoms with E-state index in [0.717, 1.165) is 24.0 Å². The second-order valence-corrected chi connectivity index (χ2v) is 4.57. The van der Waals surface area contributed by atoms with Crippen molar-refractivity contribution < 1.29 is 4.79 Å². The van der Waals surface area contributed by atoms with Gasteiger partial charge in [0.2, 0.25) is 0 Å². The number of aryl methyl sites for hydroxylation is 2. The van der Waals surface area contributed by atoms with Crippen molar-refractivity contribution in [2.24, 2.45) is 0 Å². The minimum Gasteiger partial charge on any atom is -0.294 e. The van der Waals surface area contributed by atoms with Crippen molar-refractivity contribution in [3.05, 3.63) is 33.9 Å². The van der Waals surface area contributed by atoms with Crippen molar-refractivity contribution in [2.75, 3.05) is 5.88 Å². The van der Waals surface area contributed by atoms with Gasteiger partial charge in [-0.05, 0) is 48.9 Å². The predicted octanol–water partition coefficient (Wildman–Crippen LogP) is 3.21. The number of carbonyl (C=O) groups excluding carboxylic acids is 1. The van der Waals surface area contributed by atoms with E-state index in [1.54, 1.807) is 0 Å². The molecule has 80 valence electrons. The van der Waals surface area contributed by atoms with E-state index in [-0.39, 0.29) is 0 Å². The quantitative estimate of drug-likeness (QED) is 0.703. The van der Waals surface area contributed by atoms with Crippen LogP contribution in [0.1, 0.15) is 39.0 Å². The normalized spacial score (nSPS) is 14.5. The van der Waals surface area contributed by atoms with E-state index in [2.05, 4.69) is 19.9 Å². The molecule has 0 saturated heterocycles. The summed E-state index contributed by atoms with van der Waals surface area (Å²) in [7, 11) is 0. The van der Waals surface area contributed by atoms with Crippen LogP contribution in [0.3, 0.4) is 0 Å². The van der Waals surface area contributed by atoms with Crippen LogP contribution >= 0.6 is 11.6 Å². The number of benzene rings is 1.